The van der Waals surface area contributed by atoms with Crippen molar-refractivity contribution in [1.29, 1.82) is 0 Å². The first-order chi connectivity index (χ1) is 12.3. The number of hydrazone groups is 2. The highest BCUT2D eigenvalue weighted by Gasteiger charge is 2.51. The average Bonchev–Trinajstić information content (AvgIpc) is 3.27. The molecule has 0 unspecified atom stereocenters. The molecule has 7 heteroatoms. The van der Waals surface area contributed by atoms with Crippen molar-refractivity contribution >= 4 is 23.7 Å². The zero-order valence-electron chi connectivity index (χ0n) is 14.1. The number of hydrogen-bond acceptors (Lipinski definition) is 7. The van der Waals surface area contributed by atoms with Crippen molar-refractivity contribution in [3.8, 4) is 5.75 Å². The van der Waals surface area contributed by atoms with Gasteiger partial charge in [-0.15, -0.1) is 10.2 Å². The summed E-state index contributed by atoms with van der Waals surface area (Å²) >= 11 is 1.88. The second-order valence-corrected chi connectivity index (χ2v) is 7.99. The van der Waals surface area contributed by atoms with E-state index in [9.17, 15) is 0 Å². The average molecular weight is 356 g/mol. The fourth-order valence-electron chi connectivity index (χ4n) is 3.72. The molecule has 1 spiro atoms. The van der Waals surface area contributed by atoms with Crippen LogP contribution in [0.4, 0.5) is 0 Å². The van der Waals surface area contributed by atoms with Gasteiger partial charge in [0.05, 0.1) is 0 Å². The van der Waals surface area contributed by atoms with Gasteiger partial charge in [-0.1, -0.05) is 49.2 Å². The second kappa shape index (κ2) is 5.69. The molecule has 0 aromatic heterocycles. The number of thioether (sulfide) groups is 1. The van der Waals surface area contributed by atoms with E-state index in [1.54, 1.807) is 5.01 Å². The number of benzene rings is 1. The molecule has 4 aliphatic rings. The second-order valence-electron chi connectivity index (χ2n) is 6.76. The summed E-state index contributed by atoms with van der Waals surface area (Å²) in [7, 11) is 0. The van der Waals surface area contributed by atoms with E-state index in [0.29, 0.717) is 18.5 Å². The maximum absolute atomic E-state index is 5.83. The Labute approximate surface area is 151 Å². The number of nitrogens with zero attached hydrogens (tertiary/aromatic N) is 4. The predicted octanol–water partition coefficient (Wildman–Crippen LogP) is 3.81. The van der Waals surface area contributed by atoms with Gasteiger partial charge in [-0.3, -0.25) is 0 Å². The van der Waals surface area contributed by atoms with Crippen molar-refractivity contribution in [3.05, 3.63) is 41.1 Å². The van der Waals surface area contributed by atoms with Crippen LogP contribution in [0, 0.1) is 6.92 Å². The number of aryl methyl sites for hydroxylation is 1. The Bertz CT molecular complexity index is 798. The van der Waals surface area contributed by atoms with Crippen LogP contribution in [0.25, 0.3) is 0 Å². The third-order valence-electron chi connectivity index (χ3n) is 5.07. The minimum Gasteiger partial charge on any atom is -0.484 e. The third-order valence-corrected chi connectivity index (χ3v) is 6.42. The van der Waals surface area contributed by atoms with E-state index in [1.807, 2.05) is 43.0 Å². The van der Waals surface area contributed by atoms with Gasteiger partial charge < -0.3 is 9.47 Å². The molecule has 0 saturated heterocycles. The standard InChI is InChI=1S/C18H20N4O2S/c1-13-7-3-4-8-14(13)23-11-15-19-21-16-12-25-18(9-5-2-6-10-18)22(16)20-17(21)24-15/h3-4,7-8,12H,2,5-6,9-11H2,1H3. The summed E-state index contributed by atoms with van der Waals surface area (Å²) in [6.07, 6.45) is 6.16. The van der Waals surface area contributed by atoms with E-state index < -0.39 is 0 Å². The molecule has 130 valence electrons. The Hall–Kier alpha value is -2.15. The smallest absolute Gasteiger partial charge is 0.344 e. The lowest BCUT2D eigenvalue weighted by Gasteiger charge is -2.37. The lowest BCUT2D eigenvalue weighted by molar-refractivity contribution is 0.170. The molecule has 1 aromatic rings. The highest BCUT2D eigenvalue weighted by Crippen LogP contribution is 2.53. The number of hydrogen-bond donors (Lipinski definition) is 0. The van der Waals surface area contributed by atoms with Crippen molar-refractivity contribution in [2.45, 2.75) is 43.9 Å². The van der Waals surface area contributed by atoms with Crippen LogP contribution >= 0.6 is 11.8 Å². The first kappa shape index (κ1) is 15.1. The predicted molar refractivity (Wildman–Crippen MR) is 97.8 cm³/mol. The van der Waals surface area contributed by atoms with Gasteiger partial charge in [0.25, 0.3) is 5.90 Å². The lowest BCUT2D eigenvalue weighted by atomic mass is 9.94. The van der Waals surface area contributed by atoms with Crippen LogP contribution in [0.1, 0.15) is 37.7 Å². The van der Waals surface area contributed by atoms with E-state index in [-0.39, 0.29) is 4.87 Å². The van der Waals surface area contributed by atoms with E-state index >= 15 is 0 Å². The minimum absolute atomic E-state index is 0.0710. The number of ether oxygens (including phenoxy) is 2. The third kappa shape index (κ3) is 2.40. The first-order valence-electron chi connectivity index (χ1n) is 8.76. The van der Waals surface area contributed by atoms with Crippen molar-refractivity contribution < 1.29 is 9.47 Å². The van der Waals surface area contributed by atoms with Crippen LogP contribution in [0.3, 0.4) is 0 Å². The Balaban J connectivity index is 1.29. The molecule has 1 fully saturated rings. The van der Waals surface area contributed by atoms with Gasteiger partial charge in [0.15, 0.2) is 12.4 Å². The number of fused-ring (bicyclic) bond motifs is 4. The molecular formula is C18H20N4O2S. The summed E-state index contributed by atoms with van der Waals surface area (Å²) in [6.45, 7) is 2.32. The van der Waals surface area contributed by atoms with E-state index in [2.05, 4.69) is 15.5 Å². The summed E-state index contributed by atoms with van der Waals surface area (Å²) in [5, 5.41) is 15.4. The molecule has 1 saturated carbocycles. The molecule has 3 heterocycles. The van der Waals surface area contributed by atoms with E-state index in [4.69, 9.17) is 14.6 Å². The number of para-hydroxylation sites is 1. The Kier molecular flexibility index (Phi) is 3.45. The zero-order chi connectivity index (χ0) is 16.9. The number of amidine groups is 1. The summed E-state index contributed by atoms with van der Waals surface area (Å²) in [4.78, 5) is 0.0710. The molecule has 0 amide bonds. The fraction of sp³-hybridized carbons (Fsp3) is 0.444. The van der Waals surface area contributed by atoms with Crippen molar-refractivity contribution in [3.63, 3.8) is 0 Å². The summed E-state index contributed by atoms with van der Waals surface area (Å²) < 4.78 is 11.7. The van der Waals surface area contributed by atoms with Crippen molar-refractivity contribution in [2.24, 2.45) is 10.2 Å². The van der Waals surface area contributed by atoms with Gasteiger partial charge in [0.1, 0.15) is 10.6 Å². The van der Waals surface area contributed by atoms with E-state index in [0.717, 1.165) is 30.0 Å². The SMILES string of the molecule is Cc1ccccc1OCC1=NN2C3=CSC4(CCCCC4)N3N=C2O1. The molecule has 1 aromatic carbocycles. The lowest BCUT2D eigenvalue weighted by Crippen LogP contribution is -2.40. The van der Waals surface area contributed by atoms with Gasteiger partial charge in [-0.25, -0.2) is 5.01 Å². The maximum Gasteiger partial charge on any atom is 0.344 e. The Morgan fingerprint density at radius 2 is 2.04 bits per heavy atom. The molecule has 25 heavy (non-hydrogen) atoms. The van der Waals surface area contributed by atoms with Crippen LogP contribution in [0.5, 0.6) is 5.75 Å². The van der Waals surface area contributed by atoms with E-state index in [1.165, 1.54) is 19.3 Å². The van der Waals surface area contributed by atoms with Crippen LogP contribution in [0.2, 0.25) is 0 Å². The monoisotopic (exact) mass is 356 g/mol. The number of rotatable bonds is 3. The molecule has 5 rings (SSSR count). The molecule has 3 aliphatic heterocycles. The summed E-state index contributed by atoms with van der Waals surface area (Å²) in [6, 6.07) is 8.48. The molecule has 0 bridgehead atoms. The molecule has 0 N–H and O–H groups in total. The molecule has 0 radical (unpaired) electrons. The quantitative estimate of drug-likeness (QED) is 0.824. The zero-order valence-corrected chi connectivity index (χ0v) is 15.0. The van der Waals surface area contributed by atoms with Crippen LogP contribution in [0.15, 0.2) is 45.7 Å². The van der Waals surface area contributed by atoms with Crippen LogP contribution in [-0.4, -0.2) is 33.4 Å². The molecule has 1 aliphatic carbocycles. The fourth-order valence-corrected chi connectivity index (χ4v) is 5.01. The normalized spacial score (nSPS) is 23.0. The van der Waals surface area contributed by atoms with Gasteiger partial charge >= 0.3 is 6.02 Å². The minimum atomic E-state index is 0.0710. The molecular weight excluding hydrogens is 336 g/mol. The van der Waals surface area contributed by atoms with Crippen LogP contribution < -0.4 is 4.74 Å². The maximum atomic E-state index is 5.83. The molecule has 0 atom stereocenters. The van der Waals surface area contributed by atoms with Gasteiger partial charge in [-0.05, 0) is 31.4 Å². The molecule has 6 nitrogen and oxygen atoms in total. The largest absolute Gasteiger partial charge is 0.484 e. The highest BCUT2D eigenvalue weighted by molar-refractivity contribution is 8.03. The highest BCUT2D eigenvalue weighted by atomic mass is 32.2. The van der Waals surface area contributed by atoms with Gasteiger partial charge in [0, 0.05) is 5.41 Å². The Morgan fingerprint density at radius 1 is 1.20 bits per heavy atom. The summed E-state index contributed by atoms with van der Waals surface area (Å²) in [5.41, 5.74) is 1.10. The topological polar surface area (TPSA) is 49.7 Å². The Morgan fingerprint density at radius 3 is 2.88 bits per heavy atom. The van der Waals surface area contributed by atoms with Gasteiger partial charge in [0.2, 0.25) is 0 Å². The van der Waals surface area contributed by atoms with Gasteiger partial charge in [-0.2, -0.15) is 5.01 Å². The first-order valence-corrected chi connectivity index (χ1v) is 9.64. The summed E-state index contributed by atoms with van der Waals surface area (Å²) in [5.74, 6) is 2.39. The van der Waals surface area contributed by atoms with Crippen molar-refractivity contribution in [2.75, 3.05) is 6.61 Å². The van der Waals surface area contributed by atoms with Crippen molar-refractivity contribution in [1.82, 2.24) is 10.0 Å². The van der Waals surface area contributed by atoms with Crippen LogP contribution in [-0.2, 0) is 4.74 Å².